The minimum atomic E-state index is -0.613. The summed E-state index contributed by atoms with van der Waals surface area (Å²) in [5.41, 5.74) is 3.33. The van der Waals surface area contributed by atoms with E-state index in [9.17, 15) is 9.59 Å². The SMILES string of the molecule is CCOc1ccc2nc(NC(=O)COC(=O)c3ccc4nc(-c5ccc(OC)cc5)[nH]c4c3)sc2c1. The van der Waals surface area contributed by atoms with Crippen LogP contribution < -0.4 is 14.8 Å². The summed E-state index contributed by atoms with van der Waals surface area (Å²) in [5, 5.41) is 3.10. The number of rotatable bonds is 8. The zero-order chi connectivity index (χ0) is 25.1. The number of carbonyl (C=O) groups is 2. The molecule has 0 spiro atoms. The van der Waals surface area contributed by atoms with Crippen molar-refractivity contribution in [3.05, 3.63) is 66.2 Å². The minimum Gasteiger partial charge on any atom is -0.497 e. The Morgan fingerprint density at radius 2 is 1.75 bits per heavy atom. The highest BCUT2D eigenvalue weighted by Crippen LogP contribution is 2.29. The summed E-state index contributed by atoms with van der Waals surface area (Å²) in [7, 11) is 1.61. The fourth-order valence-electron chi connectivity index (χ4n) is 3.61. The van der Waals surface area contributed by atoms with E-state index in [1.165, 1.54) is 11.3 Å². The van der Waals surface area contributed by atoms with Crippen LogP contribution in [0, 0.1) is 0 Å². The van der Waals surface area contributed by atoms with Crippen molar-refractivity contribution >= 4 is 49.6 Å². The fraction of sp³-hybridized carbons (Fsp3) is 0.154. The first-order valence-corrected chi connectivity index (χ1v) is 12.0. The average Bonchev–Trinajstić information content (AvgIpc) is 3.50. The lowest BCUT2D eigenvalue weighted by Crippen LogP contribution is -2.20. The third-order valence-electron chi connectivity index (χ3n) is 5.33. The van der Waals surface area contributed by atoms with Gasteiger partial charge in [-0.3, -0.25) is 10.1 Å². The highest BCUT2D eigenvalue weighted by molar-refractivity contribution is 7.22. The van der Waals surface area contributed by atoms with Gasteiger partial charge in [0, 0.05) is 5.56 Å². The van der Waals surface area contributed by atoms with Crippen molar-refractivity contribution in [1.29, 1.82) is 0 Å². The first-order valence-electron chi connectivity index (χ1n) is 11.2. The maximum atomic E-state index is 12.6. The number of ether oxygens (including phenoxy) is 3. The molecule has 0 radical (unpaired) electrons. The molecule has 3 aromatic carbocycles. The lowest BCUT2D eigenvalue weighted by atomic mass is 10.2. The molecule has 5 aromatic rings. The summed E-state index contributed by atoms with van der Waals surface area (Å²) >= 11 is 1.32. The van der Waals surface area contributed by atoms with E-state index in [0.717, 1.165) is 27.3 Å². The van der Waals surface area contributed by atoms with E-state index in [-0.39, 0.29) is 0 Å². The Kier molecular flexibility index (Phi) is 6.50. The molecule has 0 saturated heterocycles. The molecule has 0 atom stereocenters. The summed E-state index contributed by atoms with van der Waals surface area (Å²) in [5.74, 6) is 1.07. The molecule has 0 aliphatic heterocycles. The average molecular weight is 503 g/mol. The number of aromatic nitrogens is 3. The number of methoxy groups -OCH3 is 1. The van der Waals surface area contributed by atoms with Crippen LogP contribution in [-0.4, -0.2) is 47.2 Å². The summed E-state index contributed by atoms with van der Waals surface area (Å²) in [6.07, 6.45) is 0. The minimum absolute atomic E-state index is 0.309. The van der Waals surface area contributed by atoms with Gasteiger partial charge in [0.2, 0.25) is 0 Å². The molecule has 0 bridgehead atoms. The first kappa shape index (κ1) is 23.3. The number of esters is 1. The monoisotopic (exact) mass is 502 g/mol. The number of H-pyrrole nitrogens is 1. The van der Waals surface area contributed by atoms with Gasteiger partial charge in [-0.25, -0.2) is 14.8 Å². The molecule has 0 unspecified atom stereocenters. The van der Waals surface area contributed by atoms with Gasteiger partial charge in [0.25, 0.3) is 5.91 Å². The summed E-state index contributed by atoms with van der Waals surface area (Å²) in [6.45, 7) is 2.05. The van der Waals surface area contributed by atoms with E-state index < -0.39 is 18.5 Å². The molecule has 9 nitrogen and oxygen atoms in total. The maximum Gasteiger partial charge on any atom is 0.338 e. The third-order valence-corrected chi connectivity index (χ3v) is 6.27. The van der Waals surface area contributed by atoms with Gasteiger partial charge in [-0.1, -0.05) is 11.3 Å². The Bertz CT molecular complexity index is 1560. The molecular weight excluding hydrogens is 480 g/mol. The van der Waals surface area contributed by atoms with Crippen molar-refractivity contribution in [2.45, 2.75) is 6.92 Å². The number of hydrogen-bond acceptors (Lipinski definition) is 8. The molecule has 182 valence electrons. The van der Waals surface area contributed by atoms with Gasteiger partial charge < -0.3 is 19.2 Å². The van der Waals surface area contributed by atoms with E-state index in [4.69, 9.17) is 14.2 Å². The number of aromatic amines is 1. The van der Waals surface area contributed by atoms with E-state index in [1.54, 1.807) is 25.3 Å². The van der Waals surface area contributed by atoms with Crippen molar-refractivity contribution in [2.24, 2.45) is 0 Å². The van der Waals surface area contributed by atoms with E-state index in [0.29, 0.717) is 34.2 Å². The number of nitrogens with one attached hydrogen (secondary N) is 2. The largest absolute Gasteiger partial charge is 0.497 e. The number of carbonyl (C=O) groups excluding carboxylic acids is 2. The molecule has 1 amide bonds. The maximum absolute atomic E-state index is 12.6. The molecule has 2 aromatic heterocycles. The van der Waals surface area contributed by atoms with Gasteiger partial charge in [-0.2, -0.15) is 0 Å². The Hall–Kier alpha value is -4.44. The molecule has 0 aliphatic carbocycles. The van der Waals surface area contributed by atoms with Crippen LogP contribution in [0.1, 0.15) is 17.3 Å². The van der Waals surface area contributed by atoms with E-state index in [1.807, 2.05) is 49.4 Å². The number of anilines is 1. The highest BCUT2D eigenvalue weighted by Gasteiger charge is 2.14. The number of imidazole rings is 1. The van der Waals surface area contributed by atoms with Crippen molar-refractivity contribution in [3.63, 3.8) is 0 Å². The van der Waals surface area contributed by atoms with Crippen molar-refractivity contribution in [2.75, 3.05) is 25.6 Å². The van der Waals surface area contributed by atoms with Crippen molar-refractivity contribution in [1.82, 2.24) is 15.0 Å². The molecule has 0 aliphatic rings. The second-order valence-electron chi connectivity index (χ2n) is 7.75. The predicted molar refractivity (Wildman–Crippen MR) is 138 cm³/mol. The number of thiazole rings is 1. The zero-order valence-corrected chi connectivity index (χ0v) is 20.3. The molecule has 36 heavy (non-hydrogen) atoms. The summed E-state index contributed by atoms with van der Waals surface area (Å²) in [6, 6.07) is 18.0. The van der Waals surface area contributed by atoms with E-state index >= 15 is 0 Å². The van der Waals surface area contributed by atoms with Crippen LogP contribution in [0.15, 0.2) is 60.7 Å². The fourth-order valence-corrected chi connectivity index (χ4v) is 4.52. The van der Waals surface area contributed by atoms with Gasteiger partial charge in [0.15, 0.2) is 11.7 Å². The standard InChI is InChI=1S/C26H22N4O5S/c1-3-34-18-9-11-20-22(13-18)36-26(29-20)30-23(31)14-35-25(32)16-6-10-19-21(12-16)28-24(27-19)15-4-7-17(33-2)8-5-15/h4-13H,3,14H2,1-2H3,(H,27,28)(H,29,30,31). The van der Waals surface area contributed by atoms with Gasteiger partial charge in [0.1, 0.15) is 17.3 Å². The summed E-state index contributed by atoms with van der Waals surface area (Å²) in [4.78, 5) is 37.1. The lowest BCUT2D eigenvalue weighted by Gasteiger charge is -2.04. The topological polar surface area (TPSA) is 115 Å². The Morgan fingerprint density at radius 1 is 0.972 bits per heavy atom. The molecule has 10 heteroatoms. The summed E-state index contributed by atoms with van der Waals surface area (Å²) < 4.78 is 16.8. The predicted octanol–water partition coefficient (Wildman–Crippen LogP) is 5.04. The number of hydrogen-bond donors (Lipinski definition) is 2. The van der Waals surface area contributed by atoms with Crippen LogP contribution in [-0.2, 0) is 9.53 Å². The smallest absolute Gasteiger partial charge is 0.338 e. The molecular formula is C26H22N4O5S. The van der Waals surface area contributed by atoms with Gasteiger partial charge in [-0.15, -0.1) is 0 Å². The Balaban J connectivity index is 1.22. The van der Waals surface area contributed by atoms with Crippen LogP contribution in [0.5, 0.6) is 11.5 Å². The second kappa shape index (κ2) is 10.0. The molecule has 0 saturated carbocycles. The lowest BCUT2D eigenvalue weighted by molar-refractivity contribution is -0.119. The molecule has 2 heterocycles. The van der Waals surface area contributed by atoms with Crippen molar-refractivity contribution < 1.29 is 23.8 Å². The zero-order valence-electron chi connectivity index (χ0n) is 19.5. The van der Waals surface area contributed by atoms with Crippen LogP contribution in [0.2, 0.25) is 0 Å². The van der Waals surface area contributed by atoms with E-state index in [2.05, 4.69) is 20.3 Å². The van der Waals surface area contributed by atoms with Gasteiger partial charge in [-0.05, 0) is 67.6 Å². The number of amides is 1. The number of benzene rings is 3. The molecule has 5 rings (SSSR count). The quantitative estimate of drug-likeness (QED) is 0.286. The Labute approximate surface area is 210 Å². The first-order chi connectivity index (χ1) is 17.5. The van der Waals surface area contributed by atoms with Gasteiger partial charge in [0.05, 0.1) is 40.5 Å². The highest BCUT2D eigenvalue weighted by atomic mass is 32.1. The van der Waals surface area contributed by atoms with Crippen LogP contribution in [0.25, 0.3) is 32.6 Å². The second-order valence-corrected chi connectivity index (χ2v) is 8.78. The number of nitrogens with zero attached hydrogens (tertiary/aromatic N) is 2. The Morgan fingerprint density at radius 3 is 2.53 bits per heavy atom. The molecule has 0 fully saturated rings. The van der Waals surface area contributed by atoms with Gasteiger partial charge >= 0.3 is 5.97 Å². The van der Waals surface area contributed by atoms with Crippen LogP contribution in [0.4, 0.5) is 5.13 Å². The van der Waals surface area contributed by atoms with Crippen molar-refractivity contribution in [3.8, 4) is 22.9 Å². The third kappa shape index (κ3) is 4.98. The van der Waals surface area contributed by atoms with Crippen LogP contribution >= 0.6 is 11.3 Å². The molecule has 2 N–H and O–H groups in total. The normalized spacial score (nSPS) is 10.9. The number of fused-ring (bicyclic) bond motifs is 2. The van der Waals surface area contributed by atoms with Crippen LogP contribution in [0.3, 0.4) is 0 Å².